The molecule has 0 N–H and O–H groups in total. The Balaban J connectivity index is 1.88. The van der Waals surface area contributed by atoms with Gasteiger partial charge in [-0.25, -0.2) is 9.78 Å². The zero-order valence-corrected chi connectivity index (χ0v) is 21.7. The van der Waals surface area contributed by atoms with E-state index in [1.54, 1.807) is 14.0 Å². The number of amides is 1. The molecule has 1 heterocycles. The van der Waals surface area contributed by atoms with E-state index in [1.165, 1.54) is 12.0 Å². The van der Waals surface area contributed by atoms with E-state index in [2.05, 4.69) is 63.1 Å². The number of methoxy groups -OCH3 is 1. The minimum Gasteiger partial charge on any atom is -0.468 e. The lowest BCUT2D eigenvalue weighted by atomic mass is 9.85. The minimum absolute atomic E-state index is 0.224. The third kappa shape index (κ3) is 8.57. The van der Waals surface area contributed by atoms with Gasteiger partial charge in [0.15, 0.2) is 0 Å². The van der Waals surface area contributed by atoms with E-state index in [-0.39, 0.29) is 18.6 Å². The van der Waals surface area contributed by atoms with Gasteiger partial charge in [0.25, 0.3) is 0 Å². The van der Waals surface area contributed by atoms with Crippen molar-refractivity contribution in [3.05, 3.63) is 34.2 Å². The van der Waals surface area contributed by atoms with E-state index in [0.717, 1.165) is 41.6 Å². The number of aromatic nitrogens is 1. The molecule has 1 aromatic rings. The number of pyridine rings is 1. The van der Waals surface area contributed by atoms with Crippen molar-refractivity contribution in [2.45, 2.75) is 38.6 Å². The first kappa shape index (κ1) is 26.4. The number of likely N-dealkylation sites (N-methyl/N-ethyl adjacent to an activating group) is 1. The molecule has 1 aliphatic rings. The Labute approximate surface area is 205 Å². The molecule has 0 radical (unpaired) electrons. The lowest BCUT2D eigenvalue weighted by Gasteiger charge is -2.38. The van der Waals surface area contributed by atoms with Crippen LogP contribution in [0, 0.1) is 9.49 Å². The second kappa shape index (κ2) is 13.0. The highest BCUT2D eigenvalue weighted by atomic mass is 127. The van der Waals surface area contributed by atoms with E-state index in [4.69, 9.17) is 9.47 Å². The number of rotatable bonds is 10. The van der Waals surface area contributed by atoms with Gasteiger partial charge in [-0.3, -0.25) is 9.69 Å². The summed E-state index contributed by atoms with van der Waals surface area (Å²) in [5.41, 5.74) is 0. The number of carbonyl (C=O) groups excluding carboxylic acids is 2. The summed E-state index contributed by atoms with van der Waals surface area (Å²) in [6.07, 6.45) is 5.64. The summed E-state index contributed by atoms with van der Waals surface area (Å²) in [4.78, 5) is 34.4. The smallest absolute Gasteiger partial charge is 0.414 e. The van der Waals surface area contributed by atoms with Gasteiger partial charge < -0.3 is 19.3 Å². The van der Waals surface area contributed by atoms with Crippen molar-refractivity contribution in [1.82, 2.24) is 14.8 Å². The Morgan fingerprint density at radius 1 is 1.19 bits per heavy atom. The Bertz CT molecular complexity index is 766. The standard InChI is InChI=1S/C23H35IN4O4/c1-17(2)32-23(30)26(3)12-13-28(16-22(29)31-5)20-9-6-18(7-10-20)15-27(4)21-11-8-19(24)14-25-21/h8,11,14,18,20H,1,6-7,9-10,12-13,15-16H2,2-5H3. The quantitative estimate of drug-likeness (QED) is 0.246. The summed E-state index contributed by atoms with van der Waals surface area (Å²) < 4.78 is 11.1. The molecule has 0 bridgehead atoms. The van der Waals surface area contributed by atoms with Gasteiger partial charge in [-0.2, -0.15) is 0 Å². The van der Waals surface area contributed by atoms with Gasteiger partial charge in [-0.1, -0.05) is 6.58 Å². The largest absolute Gasteiger partial charge is 0.468 e. The number of esters is 1. The van der Waals surface area contributed by atoms with Crippen LogP contribution < -0.4 is 4.90 Å². The lowest BCUT2D eigenvalue weighted by molar-refractivity contribution is -0.142. The van der Waals surface area contributed by atoms with Crippen LogP contribution in [0.1, 0.15) is 32.6 Å². The molecule has 1 aromatic heterocycles. The Morgan fingerprint density at radius 2 is 1.88 bits per heavy atom. The van der Waals surface area contributed by atoms with Crippen molar-refractivity contribution < 1.29 is 19.1 Å². The van der Waals surface area contributed by atoms with E-state index in [0.29, 0.717) is 24.8 Å². The number of carbonyl (C=O) groups is 2. The van der Waals surface area contributed by atoms with Crippen molar-refractivity contribution in [3.8, 4) is 0 Å². The predicted molar refractivity (Wildman–Crippen MR) is 133 cm³/mol. The third-order valence-corrected chi connectivity index (χ3v) is 6.46. The van der Waals surface area contributed by atoms with Crippen molar-refractivity contribution in [2.75, 3.05) is 52.3 Å². The predicted octanol–water partition coefficient (Wildman–Crippen LogP) is 3.76. The van der Waals surface area contributed by atoms with Crippen LogP contribution >= 0.6 is 22.6 Å². The molecule has 1 amide bonds. The average molecular weight is 558 g/mol. The van der Waals surface area contributed by atoms with Gasteiger partial charge in [-0.15, -0.1) is 0 Å². The number of halogens is 1. The highest BCUT2D eigenvalue weighted by Gasteiger charge is 2.28. The van der Waals surface area contributed by atoms with E-state index >= 15 is 0 Å². The Kier molecular flexibility index (Phi) is 10.7. The fourth-order valence-electron chi connectivity index (χ4n) is 3.99. The maximum atomic E-state index is 12.0. The van der Waals surface area contributed by atoms with Gasteiger partial charge in [-0.05, 0) is 73.2 Å². The summed E-state index contributed by atoms with van der Waals surface area (Å²) in [5, 5.41) is 0. The normalized spacial score (nSPS) is 18.2. The lowest BCUT2D eigenvalue weighted by Crippen LogP contribution is -2.46. The molecule has 2 rings (SSSR count). The number of hydrogen-bond donors (Lipinski definition) is 0. The zero-order valence-electron chi connectivity index (χ0n) is 19.6. The summed E-state index contributed by atoms with van der Waals surface area (Å²) in [6, 6.07) is 4.42. The number of anilines is 1. The van der Waals surface area contributed by atoms with Crippen LogP contribution in [0.15, 0.2) is 30.7 Å². The second-order valence-electron chi connectivity index (χ2n) is 8.43. The fourth-order valence-corrected chi connectivity index (χ4v) is 4.30. The number of allylic oxidation sites excluding steroid dienone is 1. The van der Waals surface area contributed by atoms with Crippen LogP contribution in [-0.4, -0.2) is 80.3 Å². The van der Waals surface area contributed by atoms with Crippen LogP contribution in [0.5, 0.6) is 0 Å². The molecule has 178 valence electrons. The summed E-state index contributed by atoms with van der Waals surface area (Å²) in [7, 11) is 5.18. The van der Waals surface area contributed by atoms with E-state index < -0.39 is 6.09 Å². The molecule has 32 heavy (non-hydrogen) atoms. The highest BCUT2D eigenvalue weighted by molar-refractivity contribution is 14.1. The minimum atomic E-state index is -0.438. The van der Waals surface area contributed by atoms with Gasteiger partial charge in [0.2, 0.25) is 0 Å². The molecule has 0 spiro atoms. The molecule has 8 nitrogen and oxygen atoms in total. The summed E-state index contributed by atoms with van der Waals surface area (Å²) >= 11 is 2.26. The molecular formula is C23H35IN4O4. The summed E-state index contributed by atoms with van der Waals surface area (Å²) in [6.45, 7) is 7.47. The van der Waals surface area contributed by atoms with Crippen molar-refractivity contribution in [2.24, 2.45) is 5.92 Å². The first-order valence-corrected chi connectivity index (χ1v) is 12.0. The molecule has 0 aromatic carbocycles. The highest BCUT2D eigenvalue weighted by Crippen LogP contribution is 2.29. The molecule has 0 atom stereocenters. The average Bonchev–Trinajstić information content (AvgIpc) is 2.76. The maximum absolute atomic E-state index is 12.0. The summed E-state index contributed by atoms with van der Waals surface area (Å²) in [5.74, 6) is 1.68. The fraction of sp³-hybridized carbons (Fsp3) is 0.609. The van der Waals surface area contributed by atoms with Gasteiger partial charge in [0, 0.05) is 49.5 Å². The van der Waals surface area contributed by atoms with Crippen molar-refractivity contribution in [1.29, 1.82) is 0 Å². The zero-order chi connectivity index (χ0) is 23.7. The van der Waals surface area contributed by atoms with Crippen molar-refractivity contribution >= 4 is 40.5 Å². The number of ether oxygens (including phenoxy) is 2. The first-order chi connectivity index (χ1) is 15.2. The molecule has 0 unspecified atom stereocenters. The Morgan fingerprint density at radius 3 is 2.44 bits per heavy atom. The molecule has 1 aliphatic carbocycles. The molecule has 0 aliphatic heterocycles. The van der Waals surface area contributed by atoms with E-state index in [1.807, 2.05) is 6.20 Å². The van der Waals surface area contributed by atoms with Crippen LogP contribution in [0.25, 0.3) is 0 Å². The Hall–Kier alpha value is -1.88. The van der Waals surface area contributed by atoms with E-state index in [9.17, 15) is 9.59 Å². The molecular weight excluding hydrogens is 523 g/mol. The van der Waals surface area contributed by atoms with Crippen LogP contribution in [0.3, 0.4) is 0 Å². The van der Waals surface area contributed by atoms with Crippen molar-refractivity contribution in [3.63, 3.8) is 0 Å². The number of hydrogen-bond acceptors (Lipinski definition) is 7. The second-order valence-corrected chi connectivity index (χ2v) is 9.67. The molecule has 9 heteroatoms. The van der Waals surface area contributed by atoms with Gasteiger partial charge >= 0.3 is 12.1 Å². The molecule has 1 fully saturated rings. The third-order valence-electron chi connectivity index (χ3n) is 5.82. The van der Waals surface area contributed by atoms with Crippen LogP contribution in [-0.2, 0) is 14.3 Å². The van der Waals surface area contributed by atoms with Gasteiger partial charge in [0.1, 0.15) is 5.82 Å². The number of nitrogens with zero attached hydrogens (tertiary/aromatic N) is 4. The van der Waals surface area contributed by atoms with Crippen LogP contribution in [0.2, 0.25) is 0 Å². The first-order valence-electron chi connectivity index (χ1n) is 10.9. The van der Waals surface area contributed by atoms with Gasteiger partial charge in [0.05, 0.1) is 19.4 Å². The SMILES string of the molecule is C=C(C)OC(=O)N(C)CCN(CC(=O)OC)C1CCC(CN(C)c2ccc(I)cn2)CC1. The molecule has 1 saturated carbocycles. The topological polar surface area (TPSA) is 75.2 Å². The maximum Gasteiger partial charge on any atom is 0.414 e. The molecule has 0 saturated heterocycles. The van der Waals surface area contributed by atoms with Crippen LogP contribution in [0.4, 0.5) is 10.6 Å². The monoisotopic (exact) mass is 558 g/mol.